The highest BCUT2D eigenvalue weighted by molar-refractivity contribution is 6.19. The number of benzene rings is 2. The van der Waals surface area contributed by atoms with E-state index in [1.807, 2.05) is 62.4 Å². The molecular weight excluding hydrogens is 338 g/mol. The van der Waals surface area contributed by atoms with Gasteiger partial charge in [-0.3, -0.25) is 9.59 Å². The number of carbonyl (C=O) groups excluding carboxylic acids is 2. The number of fused-ring (bicyclic) bond motifs is 4. The van der Waals surface area contributed by atoms with Crippen LogP contribution in [0.5, 0.6) is 0 Å². The van der Waals surface area contributed by atoms with Crippen molar-refractivity contribution in [3.05, 3.63) is 65.4 Å². The molecule has 3 N–H and O–H groups in total. The summed E-state index contributed by atoms with van der Waals surface area (Å²) in [4.78, 5) is 27.0. The molecule has 2 aliphatic heterocycles. The highest BCUT2D eigenvalue weighted by atomic mass is 16.2. The van der Waals surface area contributed by atoms with Gasteiger partial charge in [-0.1, -0.05) is 44.2 Å². The van der Waals surface area contributed by atoms with Gasteiger partial charge in [0.25, 0.3) is 5.91 Å². The minimum absolute atomic E-state index is 0.0170. The van der Waals surface area contributed by atoms with Gasteiger partial charge in [0.1, 0.15) is 0 Å². The fourth-order valence-electron chi connectivity index (χ4n) is 4.43. The Labute approximate surface area is 157 Å². The zero-order valence-electron chi connectivity index (χ0n) is 15.3. The van der Waals surface area contributed by atoms with Crippen molar-refractivity contribution in [3.8, 4) is 0 Å². The van der Waals surface area contributed by atoms with Gasteiger partial charge in [-0.15, -0.1) is 0 Å². The van der Waals surface area contributed by atoms with Crippen LogP contribution in [0.3, 0.4) is 0 Å². The fourth-order valence-corrected chi connectivity index (χ4v) is 4.43. The lowest BCUT2D eigenvalue weighted by atomic mass is 9.67. The summed E-state index contributed by atoms with van der Waals surface area (Å²) in [5.41, 5.74) is 2.88. The first kappa shape index (κ1) is 16.1. The molecule has 27 heavy (non-hydrogen) atoms. The first-order chi connectivity index (χ1) is 12.9. The predicted molar refractivity (Wildman–Crippen MR) is 105 cm³/mol. The minimum Gasteiger partial charge on any atom is -0.362 e. The second kappa shape index (κ2) is 5.22. The maximum atomic E-state index is 13.6. The summed E-state index contributed by atoms with van der Waals surface area (Å²) < 4.78 is 0. The molecule has 136 valence electrons. The Morgan fingerprint density at radius 2 is 1.52 bits per heavy atom. The van der Waals surface area contributed by atoms with Crippen LogP contribution in [0.15, 0.2) is 59.8 Å². The third kappa shape index (κ3) is 2.05. The number of Topliss-reactive ketones (excluding diaryl/α,β-unsaturated/α-hetero) is 1. The Kier molecular flexibility index (Phi) is 3.12. The van der Waals surface area contributed by atoms with E-state index >= 15 is 0 Å². The van der Waals surface area contributed by atoms with Crippen molar-refractivity contribution in [1.82, 2.24) is 0 Å². The van der Waals surface area contributed by atoms with Crippen LogP contribution < -0.4 is 16.0 Å². The van der Waals surface area contributed by atoms with Gasteiger partial charge in [0.15, 0.2) is 11.3 Å². The van der Waals surface area contributed by atoms with E-state index in [0.717, 1.165) is 41.2 Å². The normalized spacial score (nSPS) is 25.0. The van der Waals surface area contributed by atoms with Crippen molar-refractivity contribution in [2.45, 2.75) is 32.2 Å². The molecule has 0 saturated carbocycles. The maximum absolute atomic E-state index is 13.6. The fraction of sp³-hybridized carbons (Fsp3) is 0.273. The number of anilines is 3. The largest absolute Gasteiger partial charge is 0.362 e. The number of nitrogens with one attached hydrogen (secondary N) is 3. The van der Waals surface area contributed by atoms with E-state index in [1.54, 1.807) is 0 Å². The van der Waals surface area contributed by atoms with Crippen molar-refractivity contribution in [2.75, 3.05) is 16.0 Å². The van der Waals surface area contributed by atoms with Crippen molar-refractivity contribution >= 4 is 28.8 Å². The highest BCUT2D eigenvalue weighted by Crippen LogP contribution is 2.52. The summed E-state index contributed by atoms with van der Waals surface area (Å²) in [6, 6.07) is 15.4. The molecule has 1 unspecified atom stereocenters. The van der Waals surface area contributed by atoms with Crippen LogP contribution in [0.1, 0.15) is 32.3 Å². The molecule has 2 aromatic rings. The third-order valence-corrected chi connectivity index (χ3v) is 5.97. The van der Waals surface area contributed by atoms with Crippen LogP contribution in [0, 0.1) is 5.41 Å². The van der Waals surface area contributed by atoms with E-state index in [0.29, 0.717) is 5.57 Å². The zero-order valence-corrected chi connectivity index (χ0v) is 15.3. The van der Waals surface area contributed by atoms with E-state index in [1.165, 1.54) is 0 Å². The topological polar surface area (TPSA) is 70.2 Å². The van der Waals surface area contributed by atoms with Gasteiger partial charge in [0, 0.05) is 22.4 Å². The van der Waals surface area contributed by atoms with E-state index in [4.69, 9.17) is 0 Å². The minimum atomic E-state index is -1.22. The molecule has 1 amide bonds. The predicted octanol–water partition coefficient (Wildman–Crippen LogP) is 4.01. The molecule has 1 atom stereocenters. The molecule has 0 fully saturated rings. The maximum Gasteiger partial charge on any atom is 0.259 e. The van der Waals surface area contributed by atoms with Crippen LogP contribution in [0.25, 0.3) is 0 Å². The summed E-state index contributed by atoms with van der Waals surface area (Å²) in [5, 5.41) is 9.89. The summed E-state index contributed by atoms with van der Waals surface area (Å²) in [6.07, 6.45) is 1.47. The number of hydrogen-bond donors (Lipinski definition) is 3. The Bertz CT molecular complexity index is 1040. The molecule has 1 spiro atoms. The van der Waals surface area contributed by atoms with Crippen LogP contribution in [-0.4, -0.2) is 11.7 Å². The molecule has 3 aliphatic rings. The van der Waals surface area contributed by atoms with Gasteiger partial charge in [0.2, 0.25) is 0 Å². The van der Waals surface area contributed by atoms with Crippen molar-refractivity contribution in [2.24, 2.45) is 5.41 Å². The van der Waals surface area contributed by atoms with Crippen LogP contribution in [0.4, 0.5) is 17.1 Å². The van der Waals surface area contributed by atoms with Crippen LogP contribution >= 0.6 is 0 Å². The van der Waals surface area contributed by atoms with Crippen molar-refractivity contribution in [3.63, 3.8) is 0 Å². The molecule has 2 heterocycles. The Hall–Kier alpha value is -3.08. The molecule has 0 bridgehead atoms. The number of ketones is 1. The van der Waals surface area contributed by atoms with Gasteiger partial charge in [-0.2, -0.15) is 0 Å². The molecular formula is C22H21N3O2. The quantitative estimate of drug-likeness (QED) is 0.665. The summed E-state index contributed by atoms with van der Waals surface area (Å²) in [5.74, 6) is -0.191. The zero-order chi connectivity index (χ0) is 18.8. The number of rotatable bonds is 0. The summed E-state index contributed by atoms with van der Waals surface area (Å²) in [6.45, 7) is 3.92. The Morgan fingerprint density at radius 1 is 0.852 bits per heavy atom. The van der Waals surface area contributed by atoms with Crippen molar-refractivity contribution in [1.29, 1.82) is 0 Å². The number of allylic oxidation sites excluding steroid dienone is 1. The second-order valence-electron chi connectivity index (χ2n) is 8.11. The third-order valence-electron chi connectivity index (χ3n) is 5.97. The summed E-state index contributed by atoms with van der Waals surface area (Å²) >= 11 is 0. The number of para-hydroxylation sites is 3. The first-order valence-corrected chi connectivity index (χ1v) is 9.27. The molecule has 5 heteroatoms. The summed E-state index contributed by atoms with van der Waals surface area (Å²) in [7, 11) is 0. The Morgan fingerprint density at radius 3 is 2.30 bits per heavy atom. The van der Waals surface area contributed by atoms with Gasteiger partial charge >= 0.3 is 0 Å². The number of carbonyl (C=O) groups is 2. The highest BCUT2D eigenvalue weighted by Gasteiger charge is 2.57. The van der Waals surface area contributed by atoms with E-state index in [9.17, 15) is 9.59 Å². The van der Waals surface area contributed by atoms with Gasteiger partial charge in [0.05, 0.1) is 16.9 Å². The van der Waals surface area contributed by atoms with E-state index in [2.05, 4.69) is 16.0 Å². The Balaban J connectivity index is 1.85. The number of amides is 1. The SMILES string of the molecule is CC1(C)CCC2=C(C1=O)C1(Nc3ccccc3N2)C(=O)Nc2ccccc21. The molecule has 5 nitrogen and oxygen atoms in total. The standard InChI is InChI=1S/C22H21N3O2/c1-21(2)12-11-17-18(19(21)26)22(25-16-10-6-5-9-15(16)23-17)13-7-3-4-8-14(13)24-20(22)27/h3-10,23,25H,11-12H2,1-2H3,(H,24,27). The molecule has 0 saturated heterocycles. The number of hydrogen-bond acceptors (Lipinski definition) is 4. The van der Waals surface area contributed by atoms with E-state index in [-0.39, 0.29) is 11.7 Å². The molecule has 5 rings (SSSR count). The average Bonchev–Trinajstić information content (AvgIpc) is 2.83. The van der Waals surface area contributed by atoms with Crippen LogP contribution in [-0.2, 0) is 15.1 Å². The lowest BCUT2D eigenvalue weighted by Crippen LogP contribution is -2.50. The molecule has 2 aromatic carbocycles. The monoisotopic (exact) mass is 359 g/mol. The smallest absolute Gasteiger partial charge is 0.259 e. The van der Waals surface area contributed by atoms with Crippen molar-refractivity contribution < 1.29 is 9.59 Å². The van der Waals surface area contributed by atoms with Crippen LogP contribution in [0.2, 0.25) is 0 Å². The lowest BCUT2D eigenvalue weighted by Gasteiger charge is -2.38. The average molecular weight is 359 g/mol. The van der Waals surface area contributed by atoms with Gasteiger partial charge in [-0.25, -0.2) is 0 Å². The molecule has 0 radical (unpaired) electrons. The van der Waals surface area contributed by atoms with Gasteiger partial charge < -0.3 is 16.0 Å². The lowest BCUT2D eigenvalue weighted by molar-refractivity contribution is -0.127. The molecule has 0 aromatic heterocycles. The van der Waals surface area contributed by atoms with E-state index < -0.39 is 11.0 Å². The molecule has 1 aliphatic carbocycles. The second-order valence-corrected chi connectivity index (χ2v) is 8.11. The first-order valence-electron chi connectivity index (χ1n) is 9.27. The van der Waals surface area contributed by atoms with Gasteiger partial charge in [-0.05, 0) is 31.0 Å².